The van der Waals surface area contributed by atoms with E-state index >= 15 is 0 Å². The number of hydrogen-bond donors (Lipinski definition) is 0. The number of nitro groups is 2. The van der Waals surface area contributed by atoms with Gasteiger partial charge in [-0.1, -0.05) is 60.7 Å². The highest BCUT2D eigenvalue weighted by Crippen LogP contribution is 2.45. The molecule has 10 nitrogen and oxygen atoms in total. The van der Waals surface area contributed by atoms with Gasteiger partial charge in [-0.3, -0.25) is 25.0 Å². The minimum Gasteiger partial charge on any atom is -0.267 e. The molecule has 0 spiro atoms. The standard InChI is InChI=1S/C36H27N5O5/c42-36(31-22-33(24-7-2-1-3-8-24)37-32-12-5-4-10-29(31)32)39-35(25-15-19-28(20-16-25)41(45)46)30-11-6-9-26(34(30)38-39)21-23-13-17-27(18-14-23)40(43)44/h1-5,7-8,10,12-22,30,35H,6,9,11H2/b26-21+. The lowest BCUT2D eigenvalue weighted by molar-refractivity contribution is -0.385. The average Bonchev–Trinajstić information content (AvgIpc) is 3.49. The quantitative estimate of drug-likeness (QED) is 0.141. The molecule has 46 heavy (non-hydrogen) atoms. The van der Waals surface area contributed by atoms with Crippen LogP contribution in [0.3, 0.4) is 0 Å². The van der Waals surface area contributed by atoms with Crippen LogP contribution < -0.4 is 0 Å². The first-order chi connectivity index (χ1) is 22.4. The second-order valence-electron chi connectivity index (χ2n) is 11.4. The molecule has 2 heterocycles. The molecule has 7 rings (SSSR count). The number of nitrogens with zero attached hydrogens (tertiary/aromatic N) is 5. The maximum Gasteiger partial charge on any atom is 0.275 e. The van der Waals surface area contributed by atoms with Crippen molar-refractivity contribution >= 4 is 40.0 Å². The van der Waals surface area contributed by atoms with E-state index in [1.54, 1.807) is 24.3 Å². The van der Waals surface area contributed by atoms with Crippen LogP contribution in [0.2, 0.25) is 0 Å². The predicted octanol–water partition coefficient (Wildman–Crippen LogP) is 8.16. The number of carbonyl (C=O) groups is 1. The van der Waals surface area contributed by atoms with E-state index in [0.29, 0.717) is 22.2 Å². The molecule has 2 unspecified atom stereocenters. The van der Waals surface area contributed by atoms with Gasteiger partial charge < -0.3 is 0 Å². The molecule has 1 fully saturated rings. The summed E-state index contributed by atoms with van der Waals surface area (Å²) >= 11 is 0. The Labute approximate surface area is 263 Å². The Balaban J connectivity index is 1.35. The molecule has 2 aliphatic rings. The van der Waals surface area contributed by atoms with Crippen molar-refractivity contribution in [1.29, 1.82) is 0 Å². The van der Waals surface area contributed by atoms with Crippen LogP contribution in [0.25, 0.3) is 28.2 Å². The van der Waals surface area contributed by atoms with Crippen molar-refractivity contribution in [3.63, 3.8) is 0 Å². The summed E-state index contributed by atoms with van der Waals surface area (Å²) in [7, 11) is 0. The van der Waals surface area contributed by atoms with Crippen molar-refractivity contribution in [3.05, 3.63) is 152 Å². The fourth-order valence-electron chi connectivity index (χ4n) is 6.42. The molecule has 4 aromatic carbocycles. The van der Waals surface area contributed by atoms with E-state index in [4.69, 9.17) is 10.1 Å². The third-order valence-corrected chi connectivity index (χ3v) is 8.62. The number of carbonyl (C=O) groups excluding carboxylic acids is 1. The normalized spacial score (nSPS) is 18.3. The molecular weight excluding hydrogens is 582 g/mol. The molecule has 0 radical (unpaired) electrons. The summed E-state index contributed by atoms with van der Waals surface area (Å²) in [5.41, 5.74) is 5.95. The number of benzene rings is 4. The first-order valence-electron chi connectivity index (χ1n) is 14.9. The average molecular weight is 610 g/mol. The van der Waals surface area contributed by atoms with Crippen molar-refractivity contribution in [2.45, 2.75) is 25.3 Å². The zero-order chi connectivity index (χ0) is 31.8. The van der Waals surface area contributed by atoms with Crippen LogP contribution in [0.5, 0.6) is 0 Å². The highest BCUT2D eigenvalue weighted by molar-refractivity contribution is 6.12. The van der Waals surface area contributed by atoms with Crippen LogP contribution in [-0.4, -0.2) is 31.5 Å². The van der Waals surface area contributed by atoms with Crippen LogP contribution in [0.1, 0.15) is 46.8 Å². The Kier molecular flexibility index (Phi) is 7.38. The molecule has 2 atom stereocenters. The number of hydrogen-bond acceptors (Lipinski definition) is 7. The number of hydrazone groups is 1. The summed E-state index contributed by atoms with van der Waals surface area (Å²) < 4.78 is 0. The SMILES string of the molecule is O=C(c1cc(-c2ccccc2)nc2ccccc12)N1N=C2/C(=C/c3ccc([N+](=O)[O-])cc3)CCCC2C1c1ccc([N+](=O)[O-])cc1. The predicted molar refractivity (Wildman–Crippen MR) is 175 cm³/mol. The molecule has 5 aromatic rings. The summed E-state index contributed by atoms with van der Waals surface area (Å²) in [6.45, 7) is 0. The van der Waals surface area contributed by atoms with Crippen LogP contribution in [0, 0.1) is 26.1 Å². The number of rotatable bonds is 6. The van der Waals surface area contributed by atoms with Gasteiger partial charge in [-0.25, -0.2) is 9.99 Å². The Bertz CT molecular complexity index is 2060. The zero-order valence-corrected chi connectivity index (χ0v) is 24.5. The van der Waals surface area contributed by atoms with E-state index < -0.39 is 15.9 Å². The first kappa shape index (κ1) is 28.7. The number of allylic oxidation sites excluding steroid dienone is 1. The van der Waals surface area contributed by atoms with Gasteiger partial charge in [-0.15, -0.1) is 0 Å². The molecule has 1 aliphatic heterocycles. The van der Waals surface area contributed by atoms with Crippen molar-refractivity contribution in [2.75, 3.05) is 0 Å². The molecule has 1 aliphatic carbocycles. The van der Waals surface area contributed by atoms with Gasteiger partial charge in [0.15, 0.2) is 0 Å². The monoisotopic (exact) mass is 609 g/mol. The number of pyridine rings is 1. The molecule has 226 valence electrons. The molecule has 0 bridgehead atoms. The van der Waals surface area contributed by atoms with Gasteiger partial charge in [0.25, 0.3) is 17.3 Å². The molecule has 10 heteroatoms. The van der Waals surface area contributed by atoms with Gasteiger partial charge in [0.1, 0.15) is 0 Å². The summed E-state index contributed by atoms with van der Waals surface area (Å²) in [5.74, 6) is -0.444. The van der Waals surface area contributed by atoms with E-state index in [0.717, 1.165) is 47.2 Å². The number of para-hydroxylation sites is 1. The van der Waals surface area contributed by atoms with Gasteiger partial charge in [0.05, 0.1) is 38.4 Å². The summed E-state index contributed by atoms with van der Waals surface area (Å²) in [5, 5.41) is 29.8. The van der Waals surface area contributed by atoms with E-state index in [9.17, 15) is 25.0 Å². The topological polar surface area (TPSA) is 132 Å². The van der Waals surface area contributed by atoms with E-state index in [1.807, 2.05) is 66.7 Å². The van der Waals surface area contributed by atoms with Crippen molar-refractivity contribution in [2.24, 2.45) is 11.0 Å². The number of amides is 1. The molecule has 0 N–H and O–H groups in total. The second kappa shape index (κ2) is 11.8. The van der Waals surface area contributed by atoms with Gasteiger partial charge in [-0.2, -0.15) is 5.10 Å². The lowest BCUT2D eigenvalue weighted by atomic mass is 9.77. The number of fused-ring (bicyclic) bond motifs is 2. The maximum atomic E-state index is 14.7. The van der Waals surface area contributed by atoms with Gasteiger partial charge >= 0.3 is 0 Å². The lowest BCUT2D eigenvalue weighted by Crippen LogP contribution is -2.32. The summed E-state index contributed by atoms with van der Waals surface area (Å²) in [4.78, 5) is 41.3. The fourth-order valence-corrected chi connectivity index (χ4v) is 6.42. The Hall–Kier alpha value is -6.03. The van der Waals surface area contributed by atoms with Gasteiger partial charge in [0, 0.05) is 41.1 Å². The first-order valence-corrected chi connectivity index (χ1v) is 14.9. The Morgan fingerprint density at radius 2 is 1.48 bits per heavy atom. The highest BCUT2D eigenvalue weighted by atomic mass is 16.6. The summed E-state index contributed by atoms with van der Waals surface area (Å²) in [6.07, 6.45) is 4.33. The third-order valence-electron chi connectivity index (χ3n) is 8.62. The minimum atomic E-state index is -0.490. The summed E-state index contributed by atoms with van der Waals surface area (Å²) in [6, 6.07) is 31.2. The molecule has 1 amide bonds. The van der Waals surface area contributed by atoms with E-state index in [-0.39, 0.29) is 23.2 Å². The minimum absolute atomic E-state index is 0.0105. The molecule has 1 aromatic heterocycles. The van der Waals surface area contributed by atoms with Crippen molar-refractivity contribution in [3.8, 4) is 11.3 Å². The molecular formula is C36H27N5O5. The van der Waals surface area contributed by atoms with Gasteiger partial charge in [0.2, 0.25) is 0 Å². The van der Waals surface area contributed by atoms with Crippen molar-refractivity contribution in [1.82, 2.24) is 9.99 Å². The molecule has 1 saturated carbocycles. The van der Waals surface area contributed by atoms with Crippen LogP contribution in [0.15, 0.2) is 120 Å². The van der Waals surface area contributed by atoms with Crippen molar-refractivity contribution < 1.29 is 14.6 Å². The highest BCUT2D eigenvalue weighted by Gasteiger charge is 2.44. The number of non-ortho nitro benzene ring substituents is 2. The lowest BCUT2D eigenvalue weighted by Gasteiger charge is -2.30. The van der Waals surface area contributed by atoms with E-state index in [1.165, 1.54) is 29.3 Å². The second-order valence-corrected chi connectivity index (χ2v) is 11.4. The van der Waals surface area contributed by atoms with Crippen LogP contribution in [-0.2, 0) is 0 Å². The maximum absolute atomic E-state index is 14.7. The smallest absolute Gasteiger partial charge is 0.267 e. The third kappa shape index (κ3) is 5.30. The number of aromatic nitrogens is 1. The molecule has 0 saturated heterocycles. The fraction of sp³-hybridized carbons (Fsp3) is 0.139. The van der Waals surface area contributed by atoms with Crippen LogP contribution >= 0.6 is 0 Å². The Morgan fingerprint density at radius 1 is 0.826 bits per heavy atom. The van der Waals surface area contributed by atoms with E-state index in [2.05, 4.69) is 0 Å². The van der Waals surface area contributed by atoms with Crippen LogP contribution in [0.4, 0.5) is 11.4 Å². The Morgan fingerprint density at radius 3 is 2.17 bits per heavy atom. The zero-order valence-electron chi connectivity index (χ0n) is 24.5. The van der Waals surface area contributed by atoms with Gasteiger partial charge in [-0.05, 0) is 66.3 Å². The largest absolute Gasteiger partial charge is 0.275 e. The number of nitro benzene ring substituents is 2.